The fraction of sp³-hybridized carbons (Fsp3) is 0.176. The Bertz CT molecular complexity index is 629. The van der Waals surface area contributed by atoms with E-state index in [-0.39, 0.29) is 0 Å². The van der Waals surface area contributed by atoms with Crippen LogP contribution in [0.3, 0.4) is 0 Å². The van der Waals surface area contributed by atoms with Crippen molar-refractivity contribution in [2.24, 2.45) is 0 Å². The number of hydrogen-bond donors (Lipinski definition) is 3. The fourth-order valence-corrected chi connectivity index (χ4v) is 1.98. The molecule has 0 amide bonds. The lowest BCUT2D eigenvalue weighted by atomic mass is 10.2. The van der Waals surface area contributed by atoms with Crippen molar-refractivity contribution in [3.63, 3.8) is 0 Å². The summed E-state index contributed by atoms with van der Waals surface area (Å²) in [7, 11) is 0. The highest BCUT2D eigenvalue weighted by Crippen LogP contribution is 2.14. The van der Waals surface area contributed by atoms with Crippen LogP contribution >= 0.6 is 12.2 Å². The van der Waals surface area contributed by atoms with Crippen molar-refractivity contribution in [1.29, 1.82) is 0 Å². The lowest BCUT2D eigenvalue weighted by molar-refractivity contribution is -0.499. The van der Waals surface area contributed by atoms with Gasteiger partial charge < -0.3 is 10.1 Å². The average Bonchev–Trinajstić information content (AvgIpc) is 2.55. The first-order valence-electron chi connectivity index (χ1n) is 7.22. The molecule has 5 heteroatoms. The molecular weight excluding hydrogens is 294 g/mol. The van der Waals surface area contributed by atoms with E-state index in [0.717, 1.165) is 23.4 Å². The van der Waals surface area contributed by atoms with E-state index in [1.54, 1.807) is 0 Å². The summed E-state index contributed by atoms with van der Waals surface area (Å²) >= 11 is 5.22. The first-order chi connectivity index (χ1) is 10.8. The summed E-state index contributed by atoms with van der Waals surface area (Å²) in [6.07, 6.45) is 2.80. The van der Waals surface area contributed by atoms with Gasteiger partial charge in [-0.3, -0.25) is 0 Å². The van der Waals surface area contributed by atoms with Gasteiger partial charge in [0.25, 0.3) is 0 Å². The van der Waals surface area contributed by atoms with E-state index in [2.05, 4.69) is 22.8 Å². The van der Waals surface area contributed by atoms with Crippen LogP contribution in [0.5, 0.6) is 5.75 Å². The number of nitrogens with one attached hydrogen (secondary N) is 3. The van der Waals surface area contributed by atoms with E-state index in [9.17, 15) is 0 Å². The van der Waals surface area contributed by atoms with Crippen LogP contribution in [0, 0.1) is 0 Å². The second-order valence-electron chi connectivity index (χ2n) is 4.62. The minimum atomic E-state index is 0.495. The number of hydrogen-bond acceptors (Lipinski definition) is 2. The number of rotatable bonds is 6. The zero-order chi connectivity index (χ0) is 15.6. The summed E-state index contributed by atoms with van der Waals surface area (Å²) in [6.45, 7) is 2.78. The van der Waals surface area contributed by atoms with E-state index in [4.69, 9.17) is 17.0 Å². The number of thiocarbonyl (C=S) groups is 1. The van der Waals surface area contributed by atoms with Crippen LogP contribution in [-0.2, 0) is 0 Å². The fourth-order valence-electron chi connectivity index (χ4n) is 1.81. The monoisotopic (exact) mass is 314 g/mol. The zero-order valence-electron chi connectivity index (χ0n) is 12.5. The second kappa shape index (κ2) is 8.79. The minimum Gasteiger partial charge on any atom is -0.493 e. The zero-order valence-corrected chi connectivity index (χ0v) is 13.3. The van der Waals surface area contributed by atoms with Crippen molar-refractivity contribution < 1.29 is 9.84 Å². The van der Waals surface area contributed by atoms with Gasteiger partial charge in [-0.1, -0.05) is 37.3 Å². The first-order valence-corrected chi connectivity index (χ1v) is 7.63. The third-order valence-electron chi connectivity index (χ3n) is 2.83. The van der Waals surface area contributed by atoms with Crippen LogP contribution in [0.15, 0.2) is 54.6 Å². The third-order valence-corrected chi connectivity index (χ3v) is 3.03. The molecule has 0 saturated carbocycles. The third kappa shape index (κ3) is 5.18. The molecule has 0 radical (unpaired) electrons. The highest BCUT2D eigenvalue weighted by molar-refractivity contribution is 7.80. The molecular formula is C17H20N3OS+. The van der Waals surface area contributed by atoms with Crippen LogP contribution in [0.25, 0.3) is 0 Å². The summed E-state index contributed by atoms with van der Waals surface area (Å²) in [5.74, 6) is 0.848. The van der Waals surface area contributed by atoms with Gasteiger partial charge in [0.05, 0.1) is 12.2 Å². The number of para-hydroxylation sites is 2. The summed E-state index contributed by atoms with van der Waals surface area (Å²) in [4.78, 5) is 0. The molecule has 2 rings (SSSR count). The number of ether oxygens (including phenoxy) is 1. The van der Waals surface area contributed by atoms with Crippen molar-refractivity contribution in [2.45, 2.75) is 13.3 Å². The smallest absolute Gasteiger partial charge is 0.228 e. The maximum Gasteiger partial charge on any atom is 0.228 e. The number of hydrazine groups is 1. The minimum absolute atomic E-state index is 0.495. The van der Waals surface area contributed by atoms with Gasteiger partial charge in [-0.15, -0.1) is 10.5 Å². The summed E-state index contributed by atoms with van der Waals surface area (Å²) < 4.78 is 5.69. The molecule has 4 nitrogen and oxygen atoms in total. The Kier molecular flexibility index (Phi) is 6.39. The normalized spacial score (nSPS) is 10.4. The SMILES string of the molecule is CCCOc1ccccc1C=[NH+]NC(=S)Nc1ccccc1. The van der Waals surface area contributed by atoms with Crippen molar-refractivity contribution >= 4 is 29.2 Å². The molecule has 0 aliphatic carbocycles. The molecule has 0 aliphatic rings. The standard InChI is InChI=1S/C17H19N3OS/c1-2-12-21-16-11-7-6-8-14(16)13-18-20-17(22)19-15-9-4-3-5-10-15/h3-11,13H,2,12H2,1H3,(H2,19,20,22)/p+1. The lowest BCUT2D eigenvalue weighted by Crippen LogP contribution is -2.82. The molecule has 2 aromatic carbocycles. The molecule has 0 atom stereocenters. The Balaban J connectivity index is 1.91. The number of hydrazone groups is 1. The first kappa shape index (κ1) is 16.0. The quantitative estimate of drug-likeness (QED) is 0.433. The molecule has 0 spiro atoms. The lowest BCUT2D eigenvalue weighted by Gasteiger charge is -2.06. The summed E-state index contributed by atoms with van der Waals surface area (Å²) in [6, 6.07) is 17.6. The van der Waals surface area contributed by atoms with Gasteiger partial charge >= 0.3 is 0 Å². The molecule has 0 unspecified atom stereocenters. The van der Waals surface area contributed by atoms with Gasteiger partial charge in [-0.05, 0) is 42.9 Å². The van der Waals surface area contributed by atoms with Crippen LogP contribution in [0.2, 0.25) is 0 Å². The van der Waals surface area contributed by atoms with Gasteiger partial charge in [0.2, 0.25) is 11.3 Å². The molecule has 3 N–H and O–H groups in total. The van der Waals surface area contributed by atoms with Gasteiger partial charge in [0.15, 0.2) is 0 Å². The van der Waals surface area contributed by atoms with E-state index in [0.29, 0.717) is 11.7 Å². The van der Waals surface area contributed by atoms with Crippen LogP contribution in [0.4, 0.5) is 5.69 Å². The van der Waals surface area contributed by atoms with Gasteiger partial charge in [0, 0.05) is 5.69 Å². The molecule has 0 fully saturated rings. The van der Waals surface area contributed by atoms with E-state index < -0.39 is 0 Å². The predicted octanol–water partition coefficient (Wildman–Crippen LogP) is 1.88. The Morgan fingerprint density at radius 3 is 2.64 bits per heavy atom. The average molecular weight is 314 g/mol. The largest absolute Gasteiger partial charge is 0.493 e. The highest BCUT2D eigenvalue weighted by atomic mass is 32.1. The maximum absolute atomic E-state index is 5.69. The number of benzene rings is 2. The Hall–Kier alpha value is -2.40. The highest BCUT2D eigenvalue weighted by Gasteiger charge is 2.03. The van der Waals surface area contributed by atoms with E-state index >= 15 is 0 Å². The molecule has 0 aromatic heterocycles. The molecule has 0 saturated heterocycles. The van der Waals surface area contributed by atoms with Crippen LogP contribution in [0.1, 0.15) is 18.9 Å². The second-order valence-corrected chi connectivity index (χ2v) is 5.03. The van der Waals surface area contributed by atoms with Gasteiger partial charge in [0.1, 0.15) is 5.75 Å². The molecule has 22 heavy (non-hydrogen) atoms. The Morgan fingerprint density at radius 1 is 1.14 bits per heavy atom. The predicted molar refractivity (Wildman–Crippen MR) is 94.2 cm³/mol. The topological polar surface area (TPSA) is 47.3 Å². The Morgan fingerprint density at radius 2 is 1.86 bits per heavy atom. The van der Waals surface area contributed by atoms with E-state index in [1.807, 2.05) is 60.8 Å². The Labute approximate surface area is 136 Å². The van der Waals surface area contributed by atoms with E-state index in [1.165, 1.54) is 0 Å². The van der Waals surface area contributed by atoms with Crippen LogP contribution in [-0.4, -0.2) is 17.9 Å². The molecule has 0 aliphatic heterocycles. The van der Waals surface area contributed by atoms with Crippen LogP contribution < -0.4 is 20.6 Å². The van der Waals surface area contributed by atoms with Crippen molar-refractivity contribution in [2.75, 3.05) is 11.9 Å². The number of anilines is 1. The van der Waals surface area contributed by atoms with Crippen molar-refractivity contribution in [1.82, 2.24) is 5.43 Å². The molecule has 0 bridgehead atoms. The summed E-state index contributed by atoms with van der Waals surface area (Å²) in [5, 5.41) is 6.56. The molecule has 0 heterocycles. The maximum atomic E-state index is 5.69. The van der Waals surface area contributed by atoms with Crippen molar-refractivity contribution in [3.8, 4) is 5.75 Å². The van der Waals surface area contributed by atoms with Gasteiger partial charge in [-0.2, -0.15) is 0 Å². The summed E-state index contributed by atoms with van der Waals surface area (Å²) in [5.41, 5.74) is 4.82. The van der Waals surface area contributed by atoms with Crippen molar-refractivity contribution in [3.05, 3.63) is 60.2 Å². The van der Waals surface area contributed by atoms with Gasteiger partial charge in [-0.25, -0.2) is 0 Å². The molecule has 2 aromatic rings. The molecule has 114 valence electrons.